The van der Waals surface area contributed by atoms with E-state index >= 15 is 0 Å². The van der Waals surface area contributed by atoms with Crippen molar-refractivity contribution in [2.45, 2.75) is 18.6 Å². The van der Waals surface area contributed by atoms with E-state index < -0.39 is 6.10 Å². The molecule has 2 aliphatic rings. The van der Waals surface area contributed by atoms with Crippen LogP contribution in [0.3, 0.4) is 0 Å². The first-order valence-electron chi connectivity index (χ1n) is 9.15. The zero-order chi connectivity index (χ0) is 18.6. The van der Waals surface area contributed by atoms with Crippen molar-refractivity contribution in [2.24, 2.45) is 11.3 Å². The van der Waals surface area contributed by atoms with Gasteiger partial charge < -0.3 is 10.2 Å². The van der Waals surface area contributed by atoms with Crippen molar-refractivity contribution in [1.82, 2.24) is 14.3 Å². The Balaban J connectivity index is 1.40. The number of hydrogen-bond acceptors (Lipinski definition) is 6. The zero-order valence-electron chi connectivity index (χ0n) is 14.7. The summed E-state index contributed by atoms with van der Waals surface area (Å²) in [4.78, 5) is 19.6. The van der Waals surface area contributed by atoms with E-state index in [0.29, 0.717) is 24.6 Å². The van der Waals surface area contributed by atoms with Crippen molar-refractivity contribution in [3.8, 4) is 0 Å². The molecule has 0 unspecified atom stereocenters. The van der Waals surface area contributed by atoms with E-state index in [1.807, 2.05) is 23.6 Å². The van der Waals surface area contributed by atoms with Crippen molar-refractivity contribution in [3.63, 3.8) is 0 Å². The maximum Gasteiger partial charge on any atom is 0.258 e. The average Bonchev–Trinajstić information content (AvgIpc) is 2.91. The SMILES string of the molecule is O=c1cc(CN2C[C@@H](O)[C@@]3(C2)[C@H](CO)[C@H]3c2ccccc2)nc2sccn12. The summed E-state index contributed by atoms with van der Waals surface area (Å²) in [5, 5.41) is 22.6. The number of thiazole rings is 1. The van der Waals surface area contributed by atoms with Gasteiger partial charge in [-0.05, 0) is 17.4 Å². The van der Waals surface area contributed by atoms with E-state index in [4.69, 9.17) is 0 Å². The number of fused-ring (bicyclic) bond motifs is 1. The van der Waals surface area contributed by atoms with Gasteiger partial charge in [0, 0.05) is 49.3 Å². The van der Waals surface area contributed by atoms with E-state index in [1.54, 1.807) is 16.7 Å². The quantitative estimate of drug-likeness (QED) is 0.711. The number of aliphatic hydroxyl groups is 2. The largest absolute Gasteiger partial charge is 0.396 e. The van der Waals surface area contributed by atoms with Crippen LogP contribution in [0.25, 0.3) is 4.96 Å². The number of rotatable bonds is 4. The fourth-order valence-electron chi connectivity index (χ4n) is 4.98. The predicted octanol–water partition coefficient (Wildman–Crippen LogP) is 1.32. The maximum absolute atomic E-state index is 12.2. The van der Waals surface area contributed by atoms with Crippen LogP contribution in [0, 0.1) is 11.3 Å². The van der Waals surface area contributed by atoms with Crippen molar-refractivity contribution >= 4 is 16.3 Å². The molecule has 2 fully saturated rings. The Morgan fingerprint density at radius 3 is 2.89 bits per heavy atom. The average molecular weight is 383 g/mol. The number of benzene rings is 1. The van der Waals surface area contributed by atoms with E-state index in [0.717, 1.165) is 5.69 Å². The molecule has 140 valence electrons. The molecule has 2 aromatic heterocycles. The molecule has 1 saturated carbocycles. The highest BCUT2D eigenvalue weighted by Gasteiger charge is 2.70. The summed E-state index contributed by atoms with van der Waals surface area (Å²) in [6, 6.07) is 11.7. The molecular formula is C20H21N3O3S. The molecule has 1 saturated heterocycles. The monoisotopic (exact) mass is 383 g/mol. The number of aromatic nitrogens is 2. The van der Waals surface area contributed by atoms with Crippen molar-refractivity contribution in [3.05, 3.63) is 69.6 Å². The Morgan fingerprint density at radius 2 is 2.11 bits per heavy atom. The second-order valence-electron chi connectivity index (χ2n) is 7.62. The van der Waals surface area contributed by atoms with Gasteiger partial charge in [0.2, 0.25) is 0 Å². The molecule has 0 radical (unpaired) electrons. The molecule has 27 heavy (non-hydrogen) atoms. The van der Waals surface area contributed by atoms with Crippen molar-refractivity contribution < 1.29 is 10.2 Å². The lowest BCUT2D eigenvalue weighted by atomic mass is 9.95. The molecule has 2 N–H and O–H groups in total. The zero-order valence-corrected chi connectivity index (χ0v) is 15.5. The van der Waals surface area contributed by atoms with Crippen LogP contribution in [-0.2, 0) is 6.54 Å². The first-order chi connectivity index (χ1) is 13.1. The second kappa shape index (κ2) is 6.24. The molecule has 1 aliphatic carbocycles. The highest BCUT2D eigenvalue weighted by molar-refractivity contribution is 7.15. The van der Waals surface area contributed by atoms with Crippen LogP contribution in [0.15, 0.2) is 52.8 Å². The standard InChI is InChI=1S/C20H21N3O3S/c24-11-15-18(13-4-2-1-3-5-13)20(15)12-22(10-16(20)25)9-14-8-17(26)23-6-7-27-19(23)21-14/h1-8,15-16,18,24-25H,9-12H2/t15-,16-,18-,20-/m1/s1. The van der Waals surface area contributed by atoms with Gasteiger partial charge in [0.1, 0.15) is 0 Å². The van der Waals surface area contributed by atoms with Crippen LogP contribution in [-0.4, -0.2) is 50.3 Å². The molecule has 0 amide bonds. The van der Waals surface area contributed by atoms with Crippen LogP contribution in [0.1, 0.15) is 17.2 Å². The topological polar surface area (TPSA) is 78.1 Å². The van der Waals surface area contributed by atoms with E-state index in [2.05, 4.69) is 22.0 Å². The molecule has 3 aromatic rings. The molecule has 1 aliphatic heterocycles. The number of likely N-dealkylation sites (tertiary alicyclic amines) is 1. The molecular weight excluding hydrogens is 362 g/mol. The van der Waals surface area contributed by atoms with Gasteiger partial charge in [0.15, 0.2) is 4.96 Å². The molecule has 6 nitrogen and oxygen atoms in total. The smallest absolute Gasteiger partial charge is 0.258 e. The van der Waals surface area contributed by atoms with Crippen molar-refractivity contribution in [2.75, 3.05) is 19.7 Å². The lowest BCUT2D eigenvalue weighted by Gasteiger charge is -2.16. The molecule has 7 heteroatoms. The highest BCUT2D eigenvalue weighted by atomic mass is 32.1. The second-order valence-corrected chi connectivity index (χ2v) is 8.49. The maximum atomic E-state index is 12.2. The summed E-state index contributed by atoms with van der Waals surface area (Å²) in [6.07, 6.45) is 1.24. The minimum absolute atomic E-state index is 0.0678. The van der Waals surface area contributed by atoms with Crippen LogP contribution in [0.2, 0.25) is 0 Å². The van der Waals surface area contributed by atoms with Gasteiger partial charge >= 0.3 is 0 Å². The molecule has 1 spiro atoms. The van der Waals surface area contributed by atoms with Crippen LogP contribution in [0.5, 0.6) is 0 Å². The summed E-state index contributed by atoms with van der Waals surface area (Å²) in [5.74, 6) is 0.236. The van der Waals surface area contributed by atoms with Crippen LogP contribution >= 0.6 is 11.3 Å². The molecule has 5 rings (SSSR count). The van der Waals surface area contributed by atoms with Crippen molar-refractivity contribution in [1.29, 1.82) is 0 Å². The lowest BCUT2D eigenvalue weighted by Crippen LogP contribution is -2.24. The molecule has 0 bridgehead atoms. The molecule has 1 aromatic carbocycles. The van der Waals surface area contributed by atoms with Crippen LogP contribution < -0.4 is 5.56 Å². The third-order valence-electron chi connectivity index (χ3n) is 6.21. The van der Waals surface area contributed by atoms with Gasteiger partial charge in [-0.25, -0.2) is 4.98 Å². The Hall–Kier alpha value is -2.06. The van der Waals surface area contributed by atoms with Gasteiger partial charge in [-0.2, -0.15) is 0 Å². The fraction of sp³-hybridized carbons (Fsp3) is 0.400. The molecule has 3 heterocycles. The Kier molecular flexibility index (Phi) is 3.94. The number of hydrogen-bond donors (Lipinski definition) is 2. The van der Waals surface area contributed by atoms with Crippen LogP contribution in [0.4, 0.5) is 0 Å². The lowest BCUT2D eigenvalue weighted by molar-refractivity contribution is 0.111. The first kappa shape index (κ1) is 17.1. The Bertz CT molecular complexity index is 1030. The minimum Gasteiger partial charge on any atom is -0.396 e. The highest BCUT2D eigenvalue weighted by Crippen LogP contribution is 2.68. The summed E-state index contributed by atoms with van der Waals surface area (Å²) in [6.45, 7) is 1.84. The Morgan fingerprint density at radius 1 is 1.30 bits per heavy atom. The summed E-state index contributed by atoms with van der Waals surface area (Å²) >= 11 is 1.44. The Labute approximate surface area is 160 Å². The van der Waals surface area contributed by atoms with Gasteiger partial charge in [0.05, 0.1) is 11.8 Å². The predicted molar refractivity (Wildman–Crippen MR) is 103 cm³/mol. The summed E-state index contributed by atoms with van der Waals surface area (Å²) in [5.41, 5.74) is 1.52. The minimum atomic E-state index is -0.494. The summed E-state index contributed by atoms with van der Waals surface area (Å²) in [7, 11) is 0. The first-order valence-corrected chi connectivity index (χ1v) is 10.0. The number of β-amino-alcohol motifs (C(OH)–C–C–N with tert-alkyl or cyclic N) is 1. The summed E-state index contributed by atoms with van der Waals surface area (Å²) < 4.78 is 1.54. The number of aliphatic hydroxyl groups excluding tert-OH is 2. The third-order valence-corrected chi connectivity index (χ3v) is 6.97. The molecule has 4 atom stereocenters. The third kappa shape index (κ3) is 2.57. The van der Waals surface area contributed by atoms with E-state index in [-0.39, 0.29) is 29.4 Å². The van der Waals surface area contributed by atoms with Gasteiger partial charge in [-0.3, -0.25) is 14.1 Å². The van der Waals surface area contributed by atoms with Gasteiger partial charge in [-0.15, -0.1) is 11.3 Å². The van der Waals surface area contributed by atoms with Gasteiger partial charge in [0.25, 0.3) is 5.56 Å². The number of nitrogens with zero attached hydrogens (tertiary/aromatic N) is 3. The van der Waals surface area contributed by atoms with Gasteiger partial charge in [-0.1, -0.05) is 30.3 Å². The fourth-order valence-corrected chi connectivity index (χ4v) is 5.72. The van der Waals surface area contributed by atoms with E-state index in [1.165, 1.54) is 16.9 Å². The normalized spacial score (nSPS) is 30.4. The van der Waals surface area contributed by atoms with E-state index in [9.17, 15) is 15.0 Å².